The van der Waals surface area contributed by atoms with Gasteiger partial charge in [0.2, 0.25) is 0 Å². The SMILES string of the molecule is CC1=C(CCCCCCCN2CCN(S(=O)(=O)N(C)C)CC2)C(=O)N(c2ccc(C#N)c(C(F)(F)F)c2)C1=O. The number of imide groups is 1. The van der Waals surface area contributed by atoms with Crippen LogP contribution in [0.2, 0.25) is 0 Å². The topological polar surface area (TPSA) is 105 Å². The average molecular weight is 570 g/mol. The summed E-state index contributed by atoms with van der Waals surface area (Å²) in [5, 5.41) is 8.99. The molecule has 9 nitrogen and oxygen atoms in total. The number of alkyl halides is 3. The molecule has 2 amide bonds. The van der Waals surface area contributed by atoms with E-state index in [2.05, 4.69) is 4.90 Å². The molecule has 0 spiro atoms. The van der Waals surface area contributed by atoms with Gasteiger partial charge in [0.05, 0.1) is 22.9 Å². The van der Waals surface area contributed by atoms with Gasteiger partial charge in [-0.2, -0.15) is 35.5 Å². The maximum Gasteiger partial charge on any atom is 0.417 e. The van der Waals surface area contributed by atoms with Crippen LogP contribution in [0.15, 0.2) is 29.3 Å². The molecule has 13 heteroatoms. The number of rotatable bonds is 11. The first kappa shape index (κ1) is 30.7. The van der Waals surface area contributed by atoms with Crippen molar-refractivity contribution in [2.45, 2.75) is 51.6 Å². The Morgan fingerprint density at radius 3 is 2.18 bits per heavy atom. The fourth-order valence-electron chi connectivity index (χ4n) is 4.80. The Bertz CT molecular complexity index is 1260. The Labute approximate surface area is 227 Å². The number of amides is 2. The van der Waals surface area contributed by atoms with Crippen LogP contribution in [0.1, 0.15) is 56.6 Å². The first-order valence-corrected chi connectivity index (χ1v) is 14.3. The van der Waals surface area contributed by atoms with E-state index < -0.39 is 39.3 Å². The van der Waals surface area contributed by atoms with Crippen molar-refractivity contribution in [3.63, 3.8) is 0 Å². The number of hydrogen-bond acceptors (Lipinski definition) is 6. The molecule has 0 N–H and O–H groups in total. The summed E-state index contributed by atoms with van der Waals surface area (Å²) >= 11 is 0. The van der Waals surface area contributed by atoms with Gasteiger partial charge in [-0.05, 0) is 50.9 Å². The quantitative estimate of drug-likeness (QED) is 0.298. The first-order chi connectivity index (χ1) is 18.3. The number of nitrogens with zero attached hydrogens (tertiary/aromatic N) is 5. The Morgan fingerprint density at radius 2 is 1.59 bits per heavy atom. The predicted molar refractivity (Wildman–Crippen MR) is 140 cm³/mol. The van der Waals surface area contributed by atoms with Gasteiger partial charge in [0.25, 0.3) is 22.0 Å². The van der Waals surface area contributed by atoms with Crippen LogP contribution in [0.4, 0.5) is 18.9 Å². The number of piperazine rings is 1. The summed E-state index contributed by atoms with van der Waals surface area (Å²) in [5.74, 6) is -1.27. The van der Waals surface area contributed by atoms with E-state index in [0.29, 0.717) is 50.7 Å². The van der Waals surface area contributed by atoms with Gasteiger partial charge in [-0.1, -0.05) is 19.3 Å². The fourth-order valence-corrected chi connectivity index (χ4v) is 5.89. The zero-order valence-electron chi connectivity index (χ0n) is 22.4. The first-order valence-electron chi connectivity index (χ1n) is 12.9. The van der Waals surface area contributed by atoms with E-state index in [0.717, 1.165) is 43.2 Å². The predicted octanol–water partition coefficient (Wildman–Crippen LogP) is 3.53. The van der Waals surface area contributed by atoms with Crippen molar-refractivity contribution < 1.29 is 31.2 Å². The van der Waals surface area contributed by atoms with Crippen LogP contribution in [-0.2, 0) is 26.0 Å². The summed E-state index contributed by atoms with van der Waals surface area (Å²) in [6, 6.07) is 4.31. The summed E-state index contributed by atoms with van der Waals surface area (Å²) in [6.45, 7) is 4.71. The number of nitriles is 1. The molecule has 1 aromatic carbocycles. The second-order valence-electron chi connectivity index (χ2n) is 9.94. The van der Waals surface area contributed by atoms with Crippen molar-refractivity contribution in [3.8, 4) is 6.07 Å². The van der Waals surface area contributed by atoms with Crippen molar-refractivity contribution in [3.05, 3.63) is 40.5 Å². The summed E-state index contributed by atoms with van der Waals surface area (Å²) in [6.07, 6.45) is -0.0646. The monoisotopic (exact) mass is 569 g/mol. The van der Waals surface area contributed by atoms with Gasteiger partial charge < -0.3 is 4.90 Å². The molecule has 3 rings (SSSR count). The molecule has 0 atom stereocenters. The maximum atomic E-state index is 13.4. The minimum absolute atomic E-state index is 0.203. The molecule has 214 valence electrons. The summed E-state index contributed by atoms with van der Waals surface area (Å²) in [7, 11) is -0.323. The molecule has 2 aliphatic heterocycles. The lowest BCUT2D eigenvalue weighted by molar-refractivity contribution is -0.138. The molecule has 0 unspecified atom stereocenters. The lowest BCUT2D eigenvalue weighted by Gasteiger charge is -2.35. The molecule has 1 fully saturated rings. The number of benzene rings is 1. The van der Waals surface area contributed by atoms with E-state index in [4.69, 9.17) is 5.26 Å². The van der Waals surface area contributed by atoms with Crippen molar-refractivity contribution in [2.24, 2.45) is 0 Å². The number of carbonyl (C=O) groups excluding carboxylic acids is 2. The molecule has 1 saturated heterocycles. The average Bonchev–Trinajstić information content (AvgIpc) is 3.10. The van der Waals surface area contributed by atoms with E-state index >= 15 is 0 Å². The van der Waals surface area contributed by atoms with Crippen LogP contribution in [0, 0.1) is 11.3 Å². The Kier molecular flexibility index (Phi) is 9.93. The van der Waals surface area contributed by atoms with Crippen molar-refractivity contribution >= 4 is 27.7 Å². The standard InChI is InChI=1S/C26H34F3N5O4S/c1-19-22(25(36)34(24(19)35)21-11-10-20(18-30)23(17-21)26(27,28)29)9-7-5-4-6-8-12-32-13-15-33(16-14-32)39(37,38)31(2)3/h10-11,17H,4-9,12-16H2,1-3H3. The molecular weight excluding hydrogens is 535 g/mol. The van der Waals surface area contributed by atoms with Gasteiger partial charge >= 0.3 is 6.18 Å². The van der Waals surface area contributed by atoms with E-state index in [-0.39, 0.29) is 11.3 Å². The number of halogens is 3. The van der Waals surface area contributed by atoms with Crippen LogP contribution in [-0.4, -0.2) is 80.6 Å². The van der Waals surface area contributed by atoms with Crippen LogP contribution in [0.25, 0.3) is 0 Å². The Hall–Kier alpha value is -2.79. The largest absolute Gasteiger partial charge is 0.417 e. The Morgan fingerprint density at radius 1 is 0.974 bits per heavy atom. The summed E-state index contributed by atoms with van der Waals surface area (Å²) < 4.78 is 67.2. The van der Waals surface area contributed by atoms with Crippen molar-refractivity contribution in [2.75, 3.05) is 51.7 Å². The molecule has 0 radical (unpaired) electrons. The number of anilines is 1. The highest BCUT2D eigenvalue weighted by molar-refractivity contribution is 7.86. The van der Waals surface area contributed by atoms with Gasteiger partial charge in [0.1, 0.15) is 0 Å². The normalized spacial score (nSPS) is 17.9. The minimum Gasteiger partial charge on any atom is -0.301 e. The number of carbonyl (C=O) groups is 2. The lowest BCUT2D eigenvalue weighted by Crippen LogP contribution is -2.51. The molecule has 0 bridgehead atoms. The molecule has 2 aliphatic rings. The smallest absolute Gasteiger partial charge is 0.301 e. The molecular formula is C26H34F3N5O4S. The molecule has 0 saturated carbocycles. The van der Waals surface area contributed by atoms with Crippen LogP contribution in [0.3, 0.4) is 0 Å². The third kappa shape index (κ3) is 7.05. The Balaban J connectivity index is 1.43. The van der Waals surface area contributed by atoms with Crippen LogP contribution >= 0.6 is 0 Å². The second kappa shape index (κ2) is 12.6. The third-order valence-electron chi connectivity index (χ3n) is 7.15. The molecule has 2 heterocycles. The van der Waals surface area contributed by atoms with E-state index in [1.54, 1.807) is 0 Å². The van der Waals surface area contributed by atoms with Gasteiger partial charge in [-0.15, -0.1) is 0 Å². The minimum atomic E-state index is -4.79. The number of unbranched alkanes of at least 4 members (excludes halogenated alkanes) is 4. The van der Waals surface area contributed by atoms with E-state index in [1.165, 1.54) is 41.8 Å². The molecule has 0 aliphatic carbocycles. The van der Waals surface area contributed by atoms with E-state index in [1.807, 2.05) is 0 Å². The van der Waals surface area contributed by atoms with Gasteiger partial charge in [-0.3, -0.25) is 9.59 Å². The van der Waals surface area contributed by atoms with Crippen molar-refractivity contribution in [1.29, 1.82) is 5.26 Å². The third-order valence-corrected chi connectivity index (χ3v) is 9.09. The zero-order chi connectivity index (χ0) is 29.0. The molecule has 0 aromatic heterocycles. The fraction of sp³-hybridized carbons (Fsp3) is 0.577. The van der Waals surface area contributed by atoms with Gasteiger partial charge in [0, 0.05) is 51.4 Å². The summed E-state index contributed by atoms with van der Waals surface area (Å²) in [4.78, 5) is 28.7. The van der Waals surface area contributed by atoms with Gasteiger partial charge in [0.15, 0.2) is 0 Å². The van der Waals surface area contributed by atoms with Gasteiger partial charge in [-0.25, -0.2) is 4.90 Å². The molecule has 1 aromatic rings. The zero-order valence-corrected chi connectivity index (χ0v) is 23.2. The molecule has 39 heavy (non-hydrogen) atoms. The lowest BCUT2D eigenvalue weighted by atomic mass is 10.0. The number of hydrogen-bond donors (Lipinski definition) is 0. The highest BCUT2D eigenvalue weighted by Crippen LogP contribution is 2.37. The maximum absolute atomic E-state index is 13.4. The summed E-state index contributed by atoms with van der Waals surface area (Å²) in [5.41, 5.74) is -1.42. The van der Waals surface area contributed by atoms with Crippen molar-refractivity contribution in [1.82, 2.24) is 13.5 Å². The second-order valence-corrected chi connectivity index (χ2v) is 12.1. The highest BCUT2D eigenvalue weighted by atomic mass is 32.2. The van der Waals surface area contributed by atoms with E-state index in [9.17, 15) is 31.2 Å². The van der Waals surface area contributed by atoms with Crippen LogP contribution in [0.5, 0.6) is 0 Å². The van der Waals surface area contributed by atoms with Crippen LogP contribution < -0.4 is 4.90 Å². The highest BCUT2D eigenvalue weighted by Gasteiger charge is 2.39.